The van der Waals surface area contributed by atoms with E-state index in [0.29, 0.717) is 43.1 Å². The second-order valence-corrected chi connectivity index (χ2v) is 16.8. The summed E-state index contributed by atoms with van der Waals surface area (Å²) in [5.41, 5.74) is 10.7. The number of hydrogen-bond acceptors (Lipinski definition) is 9. The van der Waals surface area contributed by atoms with Gasteiger partial charge in [-0.25, -0.2) is 5.48 Å². The summed E-state index contributed by atoms with van der Waals surface area (Å²) in [5, 5.41) is 27.3. The van der Waals surface area contributed by atoms with Crippen LogP contribution in [0.15, 0.2) is 48.5 Å². The van der Waals surface area contributed by atoms with Gasteiger partial charge >= 0.3 is 0 Å². The van der Waals surface area contributed by atoms with Crippen LogP contribution in [0.2, 0.25) is 0 Å². The Morgan fingerprint density at radius 2 is 0.855 bits per heavy atom. The van der Waals surface area contributed by atoms with Crippen molar-refractivity contribution in [1.29, 1.82) is 0 Å². The standard InChI is InChI=1S/C48H78N8O6/c49-43-37-42(43)38-21-25-40(26-22-38)55-46(59)30-29-44(57)52-35-17-9-7-15-33-50-31-13-5-1-2-6-14-32-51-34-16-8-10-18-36-53-48(61)39-23-27-41(28-24-39)54-45(58)19-11-3-4-12-20-47(60)56-62/h21-28,42-43,50-51,62H,1-20,29-37,49H2,(H,52,57)(H,53,61)(H,54,58)(H,55,59)(H,56,60)/t42-,43+/m0/s1. The molecule has 0 heterocycles. The Morgan fingerprint density at radius 1 is 0.468 bits per heavy atom. The summed E-state index contributed by atoms with van der Waals surface area (Å²) >= 11 is 0. The van der Waals surface area contributed by atoms with Crippen molar-refractivity contribution in [3.8, 4) is 0 Å². The number of nitrogens with one attached hydrogen (secondary N) is 7. The van der Waals surface area contributed by atoms with Gasteiger partial charge in [-0.05, 0) is 126 Å². The molecule has 5 amide bonds. The highest BCUT2D eigenvalue weighted by molar-refractivity contribution is 5.96. The highest BCUT2D eigenvalue weighted by atomic mass is 16.5. The average Bonchev–Trinajstić information content (AvgIpc) is 4.01. The molecule has 0 unspecified atom stereocenters. The van der Waals surface area contributed by atoms with Gasteiger partial charge in [-0.2, -0.15) is 0 Å². The van der Waals surface area contributed by atoms with Gasteiger partial charge in [0, 0.05) is 67.7 Å². The van der Waals surface area contributed by atoms with E-state index in [-0.39, 0.29) is 54.8 Å². The van der Waals surface area contributed by atoms with E-state index < -0.39 is 0 Å². The van der Waals surface area contributed by atoms with Crippen molar-refractivity contribution in [1.82, 2.24) is 26.7 Å². The van der Waals surface area contributed by atoms with Gasteiger partial charge < -0.3 is 37.6 Å². The Balaban J connectivity index is 0.982. The Kier molecular flexibility index (Phi) is 27.9. The lowest BCUT2D eigenvalue weighted by Gasteiger charge is -2.08. The zero-order valence-electron chi connectivity index (χ0n) is 37.3. The van der Waals surface area contributed by atoms with Gasteiger partial charge in [0.1, 0.15) is 0 Å². The third-order valence-electron chi connectivity index (χ3n) is 11.3. The molecule has 2 aromatic carbocycles. The lowest BCUT2D eigenvalue weighted by molar-refractivity contribution is -0.129. The van der Waals surface area contributed by atoms with E-state index in [0.717, 1.165) is 109 Å². The van der Waals surface area contributed by atoms with Crippen LogP contribution in [0.1, 0.15) is 170 Å². The van der Waals surface area contributed by atoms with E-state index in [9.17, 15) is 24.0 Å². The third-order valence-corrected chi connectivity index (χ3v) is 11.3. The molecule has 0 aromatic heterocycles. The van der Waals surface area contributed by atoms with Gasteiger partial charge in [0.15, 0.2) is 0 Å². The zero-order valence-corrected chi connectivity index (χ0v) is 37.3. The summed E-state index contributed by atoms with van der Waals surface area (Å²) in [5.74, 6) is -0.349. The molecule has 2 atom stereocenters. The summed E-state index contributed by atoms with van der Waals surface area (Å²) < 4.78 is 0. The van der Waals surface area contributed by atoms with Crippen molar-refractivity contribution in [3.05, 3.63) is 59.7 Å². The summed E-state index contributed by atoms with van der Waals surface area (Å²) in [6.45, 7) is 5.55. The maximum Gasteiger partial charge on any atom is 0.251 e. The SMILES string of the molecule is N[C@@H]1C[C@H]1c1ccc(NC(=O)CCC(=O)NCCCCCCNCCCCCCCCNCCCCCCNC(=O)c2ccc(NC(=O)CCCCCCC(=O)NO)cc2)cc1. The molecule has 2 aromatic rings. The maximum absolute atomic E-state index is 12.5. The molecule has 10 N–H and O–H groups in total. The van der Waals surface area contributed by atoms with Crippen LogP contribution in [0.25, 0.3) is 0 Å². The topological polar surface area (TPSA) is 216 Å². The Bertz CT molecular complexity index is 1560. The molecule has 1 aliphatic carbocycles. The van der Waals surface area contributed by atoms with Crippen LogP contribution < -0.4 is 43.1 Å². The van der Waals surface area contributed by atoms with Crippen LogP contribution >= 0.6 is 0 Å². The lowest BCUT2D eigenvalue weighted by atomic mass is 10.1. The molecule has 14 heteroatoms. The first kappa shape index (κ1) is 52.0. The second kappa shape index (κ2) is 33.2. The number of hydrogen-bond donors (Lipinski definition) is 9. The average molecular weight is 863 g/mol. The van der Waals surface area contributed by atoms with E-state index in [1.165, 1.54) is 44.1 Å². The van der Waals surface area contributed by atoms with E-state index in [2.05, 4.69) is 31.9 Å². The predicted octanol–water partition coefficient (Wildman–Crippen LogP) is 7.19. The van der Waals surface area contributed by atoms with Crippen LogP contribution in [0.5, 0.6) is 0 Å². The Hall–Kier alpha value is -4.37. The van der Waals surface area contributed by atoms with Crippen molar-refractivity contribution in [2.24, 2.45) is 5.73 Å². The number of rotatable bonds is 37. The highest BCUT2D eigenvalue weighted by Gasteiger charge is 2.34. The van der Waals surface area contributed by atoms with Gasteiger partial charge in [0.25, 0.3) is 5.91 Å². The van der Waals surface area contributed by atoms with Gasteiger partial charge in [0.05, 0.1) is 0 Å². The molecule has 346 valence electrons. The minimum absolute atomic E-state index is 0.0723. The Morgan fingerprint density at radius 3 is 1.34 bits per heavy atom. The molecular formula is C48H78N8O6. The van der Waals surface area contributed by atoms with Crippen LogP contribution in [0, 0.1) is 0 Å². The van der Waals surface area contributed by atoms with Crippen LogP contribution in [0.3, 0.4) is 0 Å². The van der Waals surface area contributed by atoms with Crippen LogP contribution in [-0.2, 0) is 19.2 Å². The fourth-order valence-corrected chi connectivity index (χ4v) is 7.31. The number of anilines is 2. The lowest BCUT2D eigenvalue weighted by Crippen LogP contribution is -2.25. The van der Waals surface area contributed by atoms with Crippen molar-refractivity contribution >= 4 is 40.9 Å². The van der Waals surface area contributed by atoms with Crippen LogP contribution in [-0.4, -0.2) is 80.1 Å². The number of nitrogens with two attached hydrogens (primary N) is 1. The molecule has 14 nitrogen and oxygen atoms in total. The van der Waals surface area contributed by atoms with Gasteiger partial charge in [-0.1, -0.05) is 76.3 Å². The summed E-state index contributed by atoms with van der Waals surface area (Å²) in [6.07, 6.45) is 21.4. The van der Waals surface area contributed by atoms with E-state index in [4.69, 9.17) is 10.9 Å². The molecule has 0 saturated heterocycles. The second-order valence-electron chi connectivity index (χ2n) is 16.8. The highest BCUT2D eigenvalue weighted by Crippen LogP contribution is 2.39. The number of amides is 5. The van der Waals surface area contributed by atoms with E-state index in [1.807, 2.05) is 24.3 Å². The maximum atomic E-state index is 12.5. The van der Waals surface area contributed by atoms with Crippen LogP contribution in [0.4, 0.5) is 11.4 Å². The largest absolute Gasteiger partial charge is 0.356 e. The van der Waals surface area contributed by atoms with Crippen molar-refractivity contribution in [2.45, 2.75) is 160 Å². The van der Waals surface area contributed by atoms with Crippen molar-refractivity contribution < 1.29 is 29.2 Å². The number of carbonyl (C=O) groups excluding carboxylic acids is 5. The molecule has 1 fully saturated rings. The van der Waals surface area contributed by atoms with Gasteiger partial charge in [0.2, 0.25) is 23.6 Å². The number of unbranched alkanes of at least 4 members (excludes halogenated alkanes) is 14. The van der Waals surface area contributed by atoms with Crippen molar-refractivity contribution in [3.63, 3.8) is 0 Å². The first-order valence-electron chi connectivity index (χ1n) is 23.7. The fraction of sp³-hybridized carbons (Fsp3) is 0.646. The first-order chi connectivity index (χ1) is 30.2. The molecule has 0 spiro atoms. The normalized spacial score (nSPS) is 14.2. The molecule has 0 radical (unpaired) electrons. The van der Waals surface area contributed by atoms with Gasteiger partial charge in [-0.3, -0.25) is 29.2 Å². The molecule has 0 bridgehead atoms. The zero-order chi connectivity index (χ0) is 44.5. The minimum Gasteiger partial charge on any atom is -0.356 e. The minimum atomic E-state index is -0.390. The molecule has 62 heavy (non-hydrogen) atoms. The molecular weight excluding hydrogens is 785 g/mol. The Labute approximate surface area is 370 Å². The van der Waals surface area contributed by atoms with Gasteiger partial charge in [-0.15, -0.1) is 0 Å². The summed E-state index contributed by atoms with van der Waals surface area (Å²) in [7, 11) is 0. The van der Waals surface area contributed by atoms with E-state index >= 15 is 0 Å². The number of hydroxylamine groups is 1. The van der Waals surface area contributed by atoms with Crippen molar-refractivity contribution in [2.75, 3.05) is 49.9 Å². The number of benzene rings is 2. The molecule has 1 saturated carbocycles. The first-order valence-corrected chi connectivity index (χ1v) is 23.7. The monoisotopic (exact) mass is 863 g/mol. The predicted molar refractivity (Wildman–Crippen MR) is 248 cm³/mol. The molecule has 1 aliphatic rings. The molecule has 3 rings (SSSR count). The number of carbonyl (C=O) groups is 5. The molecule has 0 aliphatic heterocycles. The van der Waals surface area contributed by atoms with E-state index in [1.54, 1.807) is 29.7 Å². The summed E-state index contributed by atoms with van der Waals surface area (Å²) in [6, 6.07) is 15.0. The smallest absolute Gasteiger partial charge is 0.251 e. The quantitative estimate of drug-likeness (QED) is 0.0191. The summed E-state index contributed by atoms with van der Waals surface area (Å²) in [4.78, 5) is 60.0. The third kappa shape index (κ3) is 25.5. The fourth-order valence-electron chi connectivity index (χ4n) is 7.31.